The Bertz CT molecular complexity index is 2500. The van der Waals surface area contributed by atoms with Crippen molar-refractivity contribution in [2.75, 3.05) is 0 Å². The molecule has 0 aliphatic heterocycles. The molecule has 1 unspecified atom stereocenters. The van der Waals surface area contributed by atoms with Gasteiger partial charge < -0.3 is 4.42 Å². The highest BCUT2D eigenvalue weighted by Crippen LogP contribution is 2.43. The van der Waals surface area contributed by atoms with Gasteiger partial charge in [0, 0.05) is 39.0 Å². The third-order valence-corrected chi connectivity index (χ3v) is 9.28. The summed E-state index contributed by atoms with van der Waals surface area (Å²) < 4.78 is 6.71. The maximum atomic E-state index is 6.71. The van der Waals surface area contributed by atoms with Crippen molar-refractivity contribution in [1.82, 2.24) is 15.0 Å². The largest absolute Gasteiger partial charge is 0.455 e. The normalized spacial score (nSPS) is 14.3. The van der Waals surface area contributed by atoms with Crippen LogP contribution in [0, 0.1) is 0 Å². The van der Waals surface area contributed by atoms with E-state index in [1.54, 1.807) is 0 Å². The van der Waals surface area contributed by atoms with E-state index in [0.29, 0.717) is 23.4 Å². The molecule has 0 N–H and O–H groups in total. The maximum absolute atomic E-state index is 6.71. The molecule has 0 amide bonds. The van der Waals surface area contributed by atoms with E-state index in [0.717, 1.165) is 67.3 Å². The number of hydrogen-bond acceptors (Lipinski definition) is 4. The molecule has 8 aromatic rings. The minimum atomic E-state index is 0.323. The summed E-state index contributed by atoms with van der Waals surface area (Å²) in [5.74, 6) is 2.23. The molecule has 1 atom stereocenters. The second-order valence-corrected chi connectivity index (χ2v) is 12.4. The standard InChI is InChI=1S/C45H31N3O/c1-5-14-30(15-6-1)32-24-26-35(27-25-32)44-46-43(34-20-11-4-12-21-34)47-45(48-44)37-22-13-23-40-41(37)39-29-36(31-16-7-2-8-17-31)28-38(42(39)49-40)33-18-9-3-10-19-33/h1-24,26-29,32H,25H2. The summed E-state index contributed by atoms with van der Waals surface area (Å²) in [5, 5.41) is 2.01. The van der Waals surface area contributed by atoms with E-state index >= 15 is 0 Å². The Morgan fingerprint density at radius 2 is 1.14 bits per heavy atom. The molecule has 4 nitrogen and oxygen atoms in total. The highest BCUT2D eigenvalue weighted by atomic mass is 16.3. The number of hydrogen-bond donors (Lipinski definition) is 0. The molecule has 0 fully saturated rings. The SMILES string of the molecule is C1=CC(c2ccccc2)CC=C1c1nc(-c2ccccc2)nc(-c2cccc3oc4c(-c5ccccc5)cc(-c5ccccc5)cc4c23)n1. The highest BCUT2D eigenvalue weighted by Gasteiger charge is 2.22. The molecule has 0 spiro atoms. The van der Waals surface area contributed by atoms with Gasteiger partial charge in [0.25, 0.3) is 0 Å². The molecule has 4 heteroatoms. The van der Waals surface area contributed by atoms with Crippen LogP contribution in [0.1, 0.15) is 23.7 Å². The Balaban J connectivity index is 1.25. The molecule has 1 aliphatic carbocycles. The summed E-state index contributed by atoms with van der Waals surface area (Å²) in [6, 6.07) is 52.3. The zero-order valence-electron chi connectivity index (χ0n) is 26.7. The van der Waals surface area contributed by atoms with Crippen molar-refractivity contribution in [3.05, 3.63) is 181 Å². The topological polar surface area (TPSA) is 51.8 Å². The Labute approximate surface area is 284 Å². The first-order valence-corrected chi connectivity index (χ1v) is 16.6. The Kier molecular flexibility index (Phi) is 7.25. The van der Waals surface area contributed by atoms with Crippen LogP contribution in [0.5, 0.6) is 0 Å². The first-order chi connectivity index (χ1) is 24.3. The number of nitrogens with zero attached hydrogens (tertiary/aromatic N) is 3. The van der Waals surface area contributed by atoms with Gasteiger partial charge in [-0.3, -0.25) is 0 Å². The Morgan fingerprint density at radius 3 is 1.84 bits per heavy atom. The zero-order valence-corrected chi connectivity index (χ0v) is 26.7. The molecule has 0 radical (unpaired) electrons. The first kappa shape index (κ1) is 28.8. The number of allylic oxidation sites excluding steroid dienone is 4. The molecule has 232 valence electrons. The van der Waals surface area contributed by atoms with Gasteiger partial charge in [-0.1, -0.05) is 152 Å². The van der Waals surface area contributed by atoms with Crippen molar-refractivity contribution >= 4 is 27.5 Å². The third-order valence-electron chi connectivity index (χ3n) is 9.28. The van der Waals surface area contributed by atoms with Gasteiger partial charge in [0.15, 0.2) is 17.5 Å². The van der Waals surface area contributed by atoms with Crippen LogP contribution in [0.3, 0.4) is 0 Å². The van der Waals surface area contributed by atoms with Crippen LogP contribution in [-0.2, 0) is 0 Å². The van der Waals surface area contributed by atoms with Gasteiger partial charge in [0.2, 0.25) is 0 Å². The van der Waals surface area contributed by atoms with Crippen molar-refractivity contribution < 1.29 is 4.42 Å². The lowest BCUT2D eigenvalue weighted by Crippen LogP contribution is -2.05. The van der Waals surface area contributed by atoms with E-state index < -0.39 is 0 Å². The van der Waals surface area contributed by atoms with E-state index in [-0.39, 0.29) is 0 Å². The van der Waals surface area contributed by atoms with Crippen LogP contribution < -0.4 is 0 Å². The van der Waals surface area contributed by atoms with Crippen LogP contribution in [0.4, 0.5) is 0 Å². The second kappa shape index (κ2) is 12.3. The molecule has 9 rings (SSSR count). The fourth-order valence-corrected chi connectivity index (χ4v) is 6.82. The van der Waals surface area contributed by atoms with Crippen molar-refractivity contribution in [3.63, 3.8) is 0 Å². The summed E-state index contributed by atoms with van der Waals surface area (Å²) in [6.07, 6.45) is 7.54. The smallest absolute Gasteiger partial charge is 0.164 e. The van der Waals surface area contributed by atoms with Crippen LogP contribution in [0.25, 0.3) is 72.5 Å². The van der Waals surface area contributed by atoms with Crippen LogP contribution in [0.2, 0.25) is 0 Å². The molecule has 2 heterocycles. The summed E-state index contributed by atoms with van der Waals surface area (Å²) in [6.45, 7) is 0. The molecule has 2 aromatic heterocycles. The minimum Gasteiger partial charge on any atom is -0.455 e. The molecule has 0 saturated heterocycles. The molecular weight excluding hydrogens is 599 g/mol. The number of furan rings is 1. The lowest BCUT2D eigenvalue weighted by atomic mass is 9.90. The maximum Gasteiger partial charge on any atom is 0.164 e. The fraction of sp³-hybridized carbons (Fsp3) is 0.0444. The highest BCUT2D eigenvalue weighted by molar-refractivity contribution is 6.16. The number of benzene rings is 6. The predicted molar refractivity (Wildman–Crippen MR) is 200 cm³/mol. The van der Waals surface area contributed by atoms with E-state index in [9.17, 15) is 0 Å². The molecule has 49 heavy (non-hydrogen) atoms. The lowest BCUT2D eigenvalue weighted by molar-refractivity contribution is 0.670. The summed E-state index contributed by atoms with van der Waals surface area (Å²) in [4.78, 5) is 15.3. The van der Waals surface area contributed by atoms with Gasteiger partial charge >= 0.3 is 0 Å². The van der Waals surface area contributed by atoms with Crippen LogP contribution in [0.15, 0.2) is 174 Å². The lowest BCUT2D eigenvalue weighted by Gasteiger charge is -2.17. The molecule has 0 bridgehead atoms. The molecule has 6 aromatic carbocycles. The summed E-state index contributed by atoms with van der Waals surface area (Å²) in [5.41, 5.74) is 10.2. The van der Waals surface area contributed by atoms with Gasteiger partial charge in [0.1, 0.15) is 11.2 Å². The average molecular weight is 630 g/mol. The van der Waals surface area contributed by atoms with Crippen LogP contribution in [-0.4, -0.2) is 15.0 Å². The third kappa shape index (κ3) is 5.43. The van der Waals surface area contributed by atoms with Gasteiger partial charge in [-0.05, 0) is 46.9 Å². The monoisotopic (exact) mass is 629 g/mol. The van der Waals surface area contributed by atoms with Crippen molar-refractivity contribution in [2.24, 2.45) is 0 Å². The number of fused-ring (bicyclic) bond motifs is 3. The Hall–Kier alpha value is -6.39. The Morgan fingerprint density at radius 1 is 0.510 bits per heavy atom. The predicted octanol–water partition coefficient (Wildman–Crippen LogP) is 11.6. The molecular formula is C45H31N3O. The van der Waals surface area contributed by atoms with Crippen molar-refractivity contribution in [3.8, 4) is 45.0 Å². The van der Waals surface area contributed by atoms with Crippen LogP contribution >= 0.6 is 0 Å². The summed E-state index contributed by atoms with van der Waals surface area (Å²) >= 11 is 0. The van der Waals surface area contributed by atoms with Gasteiger partial charge in [0.05, 0.1) is 0 Å². The first-order valence-electron chi connectivity index (χ1n) is 16.6. The van der Waals surface area contributed by atoms with Gasteiger partial charge in [-0.2, -0.15) is 0 Å². The van der Waals surface area contributed by atoms with E-state index in [4.69, 9.17) is 19.4 Å². The summed E-state index contributed by atoms with van der Waals surface area (Å²) in [7, 11) is 0. The zero-order chi connectivity index (χ0) is 32.6. The van der Waals surface area contributed by atoms with E-state index in [2.05, 4.69) is 115 Å². The quantitative estimate of drug-likeness (QED) is 0.184. The van der Waals surface area contributed by atoms with Gasteiger partial charge in [-0.25, -0.2) is 15.0 Å². The minimum absolute atomic E-state index is 0.323. The van der Waals surface area contributed by atoms with E-state index in [1.807, 2.05) is 54.6 Å². The second-order valence-electron chi connectivity index (χ2n) is 12.4. The van der Waals surface area contributed by atoms with Crippen molar-refractivity contribution in [1.29, 1.82) is 0 Å². The number of aromatic nitrogens is 3. The molecule has 0 saturated carbocycles. The number of rotatable bonds is 6. The molecule has 1 aliphatic rings. The van der Waals surface area contributed by atoms with Gasteiger partial charge in [-0.15, -0.1) is 0 Å². The van der Waals surface area contributed by atoms with E-state index in [1.165, 1.54) is 5.56 Å². The fourth-order valence-electron chi connectivity index (χ4n) is 6.82. The van der Waals surface area contributed by atoms with Crippen molar-refractivity contribution in [2.45, 2.75) is 12.3 Å². The average Bonchev–Trinajstić information content (AvgIpc) is 3.58.